The fraction of sp³-hybridized carbons (Fsp3) is 0.179. The molecule has 1 aromatic heterocycles. The van der Waals surface area contributed by atoms with Gasteiger partial charge in [-0.1, -0.05) is 128 Å². The molecule has 49 heavy (non-hydrogen) atoms. The quantitative estimate of drug-likeness (QED) is 0.109. The number of rotatable bonds is 11. The zero-order valence-electron chi connectivity index (χ0n) is 27.8. The van der Waals surface area contributed by atoms with Crippen LogP contribution in [0.2, 0.25) is 15.1 Å². The Hall–Kier alpha value is -4.11. The van der Waals surface area contributed by atoms with Crippen molar-refractivity contribution in [1.29, 1.82) is 0 Å². The summed E-state index contributed by atoms with van der Waals surface area (Å²) >= 11 is 20.8. The van der Waals surface area contributed by atoms with Gasteiger partial charge in [-0.25, -0.2) is 0 Å². The molecule has 1 heterocycles. The summed E-state index contributed by atoms with van der Waals surface area (Å²) in [5, 5.41) is 9.43. The molecule has 0 saturated carbocycles. The lowest BCUT2D eigenvalue weighted by Gasteiger charge is -2.27. The van der Waals surface area contributed by atoms with E-state index in [1.54, 1.807) is 49.7 Å². The third kappa shape index (κ3) is 8.92. The van der Waals surface area contributed by atoms with Crippen molar-refractivity contribution in [2.24, 2.45) is 0 Å². The van der Waals surface area contributed by atoms with Gasteiger partial charge in [0.25, 0.3) is 5.91 Å². The van der Waals surface area contributed by atoms with E-state index in [9.17, 15) is 9.59 Å². The summed E-state index contributed by atoms with van der Waals surface area (Å²) in [6.07, 6.45) is 4.92. The van der Waals surface area contributed by atoms with Crippen LogP contribution in [0.25, 0.3) is 11.8 Å². The summed E-state index contributed by atoms with van der Waals surface area (Å²) in [5.74, 6) is -0.459. The number of nitrogens with zero attached hydrogens (tertiary/aromatic N) is 1. The van der Waals surface area contributed by atoms with E-state index in [-0.39, 0.29) is 30.4 Å². The van der Waals surface area contributed by atoms with Crippen molar-refractivity contribution in [2.45, 2.75) is 39.3 Å². The Morgan fingerprint density at radius 3 is 2.04 bits per heavy atom. The largest absolute Gasteiger partial charge is 0.407 e. The molecule has 10 heteroatoms. The van der Waals surface area contributed by atoms with Crippen LogP contribution in [0.4, 0.5) is 0 Å². The van der Waals surface area contributed by atoms with E-state index >= 15 is 0 Å². The highest BCUT2D eigenvalue weighted by Crippen LogP contribution is 2.42. The molecule has 0 aliphatic carbocycles. The summed E-state index contributed by atoms with van der Waals surface area (Å²) < 4.78 is 8.67. The molecule has 0 saturated heterocycles. The molecule has 2 N–H and O–H groups in total. The van der Waals surface area contributed by atoms with Crippen molar-refractivity contribution in [3.8, 4) is 5.69 Å². The normalized spacial score (nSPS) is 11.7. The minimum atomic E-state index is -2.06. The molecule has 5 aromatic rings. The Balaban J connectivity index is 1.42. The maximum Gasteiger partial charge on any atom is 0.251 e. The first-order chi connectivity index (χ1) is 23.5. The second kappa shape index (κ2) is 16.1. The van der Waals surface area contributed by atoms with Crippen LogP contribution in [0.3, 0.4) is 0 Å². The van der Waals surface area contributed by atoms with E-state index in [0.717, 1.165) is 22.4 Å². The smallest absolute Gasteiger partial charge is 0.251 e. The van der Waals surface area contributed by atoms with Crippen LogP contribution in [0.5, 0.6) is 0 Å². The maximum absolute atomic E-state index is 12.8. The number of benzene rings is 4. The fourth-order valence-corrected chi connectivity index (χ4v) is 9.10. The molecule has 0 aliphatic rings. The van der Waals surface area contributed by atoms with E-state index in [2.05, 4.69) is 55.7 Å². The molecule has 6 nitrogen and oxygen atoms in total. The Kier molecular flexibility index (Phi) is 11.9. The molecular formula is C39H38Cl3N3O3Si. The van der Waals surface area contributed by atoms with Crippen molar-refractivity contribution >= 4 is 72.1 Å². The Bertz CT molecular complexity index is 1920. The van der Waals surface area contributed by atoms with Gasteiger partial charge in [0.15, 0.2) is 0 Å². The summed E-state index contributed by atoms with van der Waals surface area (Å²) in [6, 6.07) is 31.3. The maximum atomic E-state index is 12.8. The zero-order valence-corrected chi connectivity index (χ0v) is 31.2. The number of carbonyl (C=O) groups is 2. The molecule has 0 spiro atoms. The average Bonchev–Trinajstić information content (AvgIpc) is 3.47. The monoisotopic (exact) mass is 729 g/mol. The molecule has 252 valence electrons. The molecular weight excluding hydrogens is 693 g/mol. The zero-order chi connectivity index (χ0) is 35.1. The second-order valence-electron chi connectivity index (χ2n) is 12.6. The van der Waals surface area contributed by atoms with Crippen LogP contribution in [0.15, 0.2) is 109 Å². The summed E-state index contributed by atoms with van der Waals surface area (Å²) in [6.45, 7) is 6.69. The minimum absolute atomic E-state index is 0.171. The lowest BCUT2D eigenvalue weighted by atomic mass is 9.85. The predicted molar refractivity (Wildman–Crippen MR) is 204 cm³/mol. The number of carbonyl (C=O) groups excluding carboxylic acids is 2. The molecule has 0 bridgehead atoms. The predicted octanol–water partition coefficient (Wildman–Crippen LogP) is 7.48. The highest BCUT2D eigenvalue weighted by Gasteiger charge is 2.28. The number of aromatic nitrogens is 1. The highest BCUT2D eigenvalue weighted by molar-refractivity contribution is 6.80. The van der Waals surface area contributed by atoms with Crippen LogP contribution >= 0.6 is 34.8 Å². The first kappa shape index (κ1) is 36.2. The summed E-state index contributed by atoms with van der Waals surface area (Å²) in [5.41, 5.74) is 3.98. The van der Waals surface area contributed by atoms with Gasteiger partial charge in [-0.2, -0.15) is 0 Å². The van der Waals surface area contributed by atoms with Gasteiger partial charge in [0.1, 0.15) is 0 Å². The highest BCUT2D eigenvalue weighted by atomic mass is 35.5. The van der Waals surface area contributed by atoms with E-state index in [1.807, 2.05) is 47.0 Å². The molecule has 0 unspecified atom stereocenters. The summed E-state index contributed by atoms with van der Waals surface area (Å²) in [4.78, 5) is 24.6. The van der Waals surface area contributed by atoms with Gasteiger partial charge < -0.3 is 19.6 Å². The third-order valence-electron chi connectivity index (χ3n) is 8.01. The first-order valence-corrected chi connectivity index (χ1v) is 18.6. The van der Waals surface area contributed by atoms with Crippen LogP contribution in [-0.2, 0) is 27.8 Å². The van der Waals surface area contributed by atoms with Gasteiger partial charge in [-0.3, -0.25) is 9.59 Å². The molecule has 0 aliphatic heterocycles. The minimum Gasteiger partial charge on any atom is -0.407 e. The Morgan fingerprint density at radius 1 is 0.857 bits per heavy atom. The average molecular weight is 731 g/mol. The van der Waals surface area contributed by atoms with Crippen molar-refractivity contribution < 1.29 is 14.0 Å². The van der Waals surface area contributed by atoms with Crippen LogP contribution in [0, 0.1) is 0 Å². The fourth-order valence-electron chi connectivity index (χ4n) is 5.56. The van der Waals surface area contributed by atoms with Crippen molar-refractivity contribution in [3.63, 3.8) is 0 Å². The molecule has 4 aromatic carbocycles. The van der Waals surface area contributed by atoms with Gasteiger partial charge >= 0.3 is 0 Å². The van der Waals surface area contributed by atoms with Crippen molar-refractivity contribution in [2.75, 3.05) is 7.05 Å². The number of hydrogen-bond acceptors (Lipinski definition) is 3. The van der Waals surface area contributed by atoms with E-state index in [0.29, 0.717) is 26.3 Å². The third-order valence-corrected chi connectivity index (χ3v) is 11.5. The van der Waals surface area contributed by atoms with Gasteiger partial charge in [-0.05, 0) is 62.8 Å². The van der Waals surface area contributed by atoms with Gasteiger partial charge in [-0.15, -0.1) is 0 Å². The SMILES string of the molecule is CNC(=O)c1ccc(C=CC(=O)NCc2cc(Cl)cn2-c2cc(CO[SiH](c3ccccc3)c3ccccc3)c(Cl)c(C(C)(C)C)c2Cl)cc1. The molecule has 5 rings (SSSR count). The lowest BCUT2D eigenvalue weighted by molar-refractivity contribution is -0.116. The number of halogens is 3. The Morgan fingerprint density at radius 2 is 1.47 bits per heavy atom. The number of nitrogens with one attached hydrogen (secondary N) is 2. The van der Waals surface area contributed by atoms with Crippen LogP contribution in [-0.4, -0.2) is 32.5 Å². The van der Waals surface area contributed by atoms with Crippen LogP contribution < -0.4 is 21.0 Å². The lowest BCUT2D eigenvalue weighted by Crippen LogP contribution is -2.44. The molecule has 2 amide bonds. The molecule has 0 atom stereocenters. The van der Waals surface area contributed by atoms with E-state index < -0.39 is 9.04 Å². The topological polar surface area (TPSA) is 72.4 Å². The molecule has 0 fully saturated rings. The van der Waals surface area contributed by atoms with E-state index in [4.69, 9.17) is 39.2 Å². The van der Waals surface area contributed by atoms with Gasteiger partial charge in [0, 0.05) is 30.6 Å². The second-order valence-corrected chi connectivity index (χ2v) is 16.2. The standard InChI is InChI=1S/C39H38Cl3N3O3Si/c1-39(2,3)35-36(41)28(25-48-49(31-11-7-5-8-12-31)32-13-9-6-10-14-32)21-33(37(35)42)45-24-29(40)22-30(45)23-44-34(46)20-17-26-15-18-27(19-16-26)38(47)43-4/h5-22,24,49H,23,25H2,1-4H3,(H,43,47)(H,44,46). The van der Waals surface area contributed by atoms with Gasteiger partial charge in [0.05, 0.1) is 33.9 Å². The van der Waals surface area contributed by atoms with Crippen LogP contribution in [0.1, 0.15) is 53.5 Å². The Labute approximate surface area is 304 Å². The summed E-state index contributed by atoms with van der Waals surface area (Å²) in [7, 11) is -0.478. The number of amides is 2. The van der Waals surface area contributed by atoms with Crippen molar-refractivity contribution in [1.82, 2.24) is 15.2 Å². The molecule has 0 radical (unpaired) electrons. The van der Waals surface area contributed by atoms with Gasteiger partial charge in [0.2, 0.25) is 14.9 Å². The van der Waals surface area contributed by atoms with E-state index in [1.165, 1.54) is 16.4 Å². The number of hydrogen-bond donors (Lipinski definition) is 2. The van der Waals surface area contributed by atoms with Crippen molar-refractivity contribution in [3.05, 3.63) is 152 Å². The first-order valence-electron chi connectivity index (χ1n) is 15.8.